The van der Waals surface area contributed by atoms with Gasteiger partial charge in [-0.1, -0.05) is 98.9 Å². The first-order valence-corrected chi connectivity index (χ1v) is 10.7. The van der Waals surface area contributed by atoms with E-state index in [4.69, 9.17) is 24.4 Å². The molecule has 0 fully saturated rings. The number of carbonyl (C=O) groups excluding carboxylic acids is 2. The van der Waals surface area contributed by atoms with Crippen molar-refractivity contribution in [3.63, 3.8) is 0 Å². The van der Waals surface area contributed by atoms with Crippen molar-refractivity contribution >= 4 is 46.2 Å². The zero-order valence-corrected chi connectivity index (χ0v) is 20.0. The highest BCUT2D eigenvalue weighted by Gasteiger charge is 2.35. The number of rotatable bonds is 5. The fourth-order valence-electron chi connectivity index (χ4n) is 3.01. The SMILES string of the molecule is CC(C)C(C(=O)NN(C)C(=S)c1ccccc1)C(=O)N(C)N(C)C(=S)c1ccccc1. The third-order valence-corrected chi connectivity index (χ3v) is 5.91. The number of hydrazine groups is 2. The standard InChI is InChI=1S/C23H28N4O2S2/c1-16(2)19(20(28)24-25(3)22(30)17-12-8-6-9-13-17)21(29)26(4)27(5)23(31)18-14-10-7-11-15-18/h6-16,19H,1-5H3,(H,24,28). The highest BCUT2D eigenvalue weighted by Crippen LogP contribution is 2.17. The van der Waals surface area contributed by atoms with Crippen LogP contribution in [0.15, 0.2) is 60.7 Å². The first-order chi connectivity index (χ1) is 14.6. The van der Waals surface area contributed by atoms with Gasteiger partial charge in [-0.15, -0.1) is 0 Å². The lowest BCUT2D eigenvalue weighted by Crippen LogP contribution is -2.54. The second kappa shape index (κ2) is 11.0. The molecule has 1 atom stereocenters. The molecule has 1 unspecified atom stereocenters. The number of carbonyl (C=O) groups is 2. The average molecular weight is 457 g/mol. The Balaban J connectivity index is 2.12. The molecule has 0 spiro atoms. The van der Waals surface area contributed by atoms with Gasteiger partial charge in [-0.25, -0.2) is 0 Å². The van der Waals surface area contributed by atoms with Crippen LogP contribution in [0.1, 0.15) is 25.0 Å². The Morgan fingerprint density at radius 3 is 1.68 bits per heavy atom. The van der Waals surface area contributed by atoms with Gasteiger partial charge in [0.15, 0.2) is 0 Å². The van der Waals surface area contributed by atoms with E-state index in [0.29, 0.717) is 9.98 Å². The molecule has 0 aliphatic carbocycles. The van der Waals surface area contributed by atoms with Gasteiger partial charge >= 0.3 is 0 Å². The van der Waals surface area contributed by atoms with Crippen LogP contribution in [0.4, 0.5) is 0 Å². The van der Waals surface area contributed by atoms with E-state index in [1.807, 2.05) is 74.5 Å². The molecule has 0 saturated carbocycles. The molecule has 1 N–H and O–H groups in total. The Labute approximate surface area is 194 Å². The third-order valence-electron chi connectivity index (χ3n) is 4.90. The molecule has 2 aromatic rings. The molecule has 2 amide bonds. The second-order valence-corrected chi connectivity index (χ2v) is 8.26. The average Bonchev–Trinajstić information content (AvgIpc) is 2.77. The molecule has 8 heteroatoms. The van der Waals surface area contributed by atoms with Crippen LogP contribution in [-0.2, 0) is 9.59 Å². The molecular weight excluding hydrogens is 428 g/mol. The first kappa shape index (κ1) is 24.4. The molecule has 2 rings (SSSR count). The van der Waals surface area contributed by atoms with E-state index >= 15 is 0 Å². The van der Waals surface area contributed by atoms with E-state index in [9.17, 15) is 9.59 Å². The van der Waals surface area contributed by atoms with Crippen molar-refractivity contribution in [1.82, 2.24) is 20.5 Å². The van der Waals surface area contributed by atoms with Crippen molar-refractivity contribution < 1.29 is 9.59 Å². The van der Waals surface area contributed by atoms with Crippen LogP contribution in [0.2, 0.25) is 0 Å². The quantitative estimate of drug-likeness (QED) is 0.423. The van der Waals surface area contributed by atoms with Crippen LogP contribution in [0.3, 0.4) is 0 Å². The fraction of sp³-hybridized carbons (Fsp3) is 0.304. The maximum absolute atomic E-state index is 13.2. The van der Waals surface area contributed by atoms with E-state index in [0.717, 1.165) is 11.1 Å². The summed E-state index contributed by atoms with van der Waals surface area (Å²) >= 11 is 11.0. The van der Waals surface area contributed by atoms with Crippen molar-refractivity contribution in [2.24, 2.45) is 11.8 Å². The predicted octanol–water partition coefficient (Wildman–Crippen LogP) is 3.28. The molecule has 0 heterocycles. The molecule has 0 aliphatic heterocycles. The molecule has 31 heavy (non-hydrogen) atoms. The number of benzene rings is 2. The molecule has 0 aromatic heterocycles. The van der Waals surface area contributed by atoms with Crippen molar-refractivity contribution in [1.29, 1.82) is 0 Å². The maximum atomic E-state index is 13.2. The van der Waals surface area contributed by atoms with E-state index in [1.165, 1.54) is 10.0 Å². The normalized spacial score (nSPS) is 11.4. The van der Waals surface area contributed by atoms with Crippen LogP contribution in [0.5, 0.6) is 0 Å². The number of amides is 2. The summed E-state index contributed by atoms with van der Waals surface area (Å²) in [5.74, 6) is -1.92. The molecule has 0 aliphatic rings. The van der Waals surface area contributed by atoms with E-state index in [2.05, 4.69) is 5.43 Å². The number of hydrogen-bond donors (Lipinski definition) is 1. The van der Waals surface area contributed by atoms with Crippen LogP contribution in [-0.4, -0.2) is 58.0 Å². The predicted molar refractivity (Wildman–Crippen MR) is 131 cm³/mol. The number of thiocarbonyl (C=S) groups is 2. The van der Waals surface area contributed by atoms with Crippen LogP contribution < -0.4 is 5.43 Å². The van der Waals surface area contributed by atoms with Gasteiger partial charge < -0.3 is 0 Å². The summed E-state index contributed by atoms with van der Waals surface area (Å²) in [6.07, 6.45) is 0. The Hall–Kier alpha value is -2.84. The molecule has 164 valence electrons. The fourth-order valence-corrected chi connectivity index (χ4v) is 3.45. The minimum Gasteiger partial charge on any atom is -0.277 e. The Kier molecular flexibility index (Phi) is 8.65. The summed E-state index contributed by atoms with van der Waals surface area (Å²) in [6, 6.07) is 18.8. The molecule has 0 bridgehead atoms. The monoisotopic (exact) mass is 456 g/mol. The minimum absolute atomic E-state index is 0.229. The van der Waals surface area contributed by atoms with Crippen LogP contribution in [0, 0.1) is 11.8 Å². The van der Waals surface area contributed by atoms with Crippen molar-refractivity contribution in [2.75, 3.05) is 21.1 Å². The smallest absolute Gasteiger partial charge is 0.253 e. The van der Waals surface area contributed by atoms with Gasteiger partial charge in [-0.2, -0.15) is 0 Å². The molecule has 2 aromatic carbocycles. The van der Waals surface area contributed by atoms with Crippen LogP contribution in [0.25, 0.3) is 0 Å². The summed E-state index contributed by atoms with van der Waals surface area (Å²) in [7, 11) is 4.98. The van der Waals surface area contributed by atoms with Gasteiger partial charge in [0.1, 0.15) is 15.9 Å². The summed E-state index contributed by atoms with van der Waals surface area (Å²) in [6.45, 7) is 3.67. The molecule has 0 radical (unpaired) electrons. The van der Waals surface area contributed by atoms with Gasteiger partial charge in [0.25, 0.3) is 11.8 Å². The maximum Gasteiger partial charge on any atom is 0.253 e. The van der Waals surface area contributed by atoms with E-state index < -0.39 is 11.8 Å². The van der Waals surface area contributed by atoms with Gasteiger partial charge in [0, 0.05) is 32.3 Å². The van der Waals surface area contributed by atoms with Crippen molar-refractivity contribution in [3.05, 3.63) is 71.8 Å². The van der Waals surface area contributed by atoms with Gasteiger partial charge in [-0.05, 0) is 5.92 Å². The van der Waals surface area contributed by atoms with Gasteiger partial charge in [0.05, 0.1) is 0 Å². The number of nitrogens with zero attached hydrogens (tertiary/aromatic N) is 3. The summed E-state index contributed by atoms with van der Waals surface area (Å²) in [5.41, 5.74) is 4.37. The third kappa shape index (κ3) is 6.08. The largest absolute Gasteiger partial charge is 0.277 e. The molecule has 6 nitrogen and oxygen atoms in total. The molecular formula is C23H28N4O2S2. The summed E-state index contributed by atoms with van der Waals surface area (Å²) in [5, 5.41) is 4.43. The highest BCUT2D eigenvalue weighted by atomic mass is 32.1. The number of hydrogen-bond acceptors (Lipinski definition) is 4. The Morgan fingerprint density at radius 2 is 1.23 bits per heavy atom. The highest BCUT2D eigenvalue weighted by molar-refractivity contribution is 7.80. The number of nitrogens with one attached hydrogen (secondary N) is 1. The second-order valence-electron chi connectivity index (χ2n) is 7.48. The van der Waals surface area contributed by atoms with Crippen LogP contribution >= 0.6 is 24.4 Å². The van der Waals surface area contributed by atoms with Gasteiger partial charge in [0.2, 0.25) is 0 Å². The Morgan fingerprint density at radius 1 is 0.774 bits per heavy atom. The summed E-state index contributed by atoms with van der Waals surface area (Å²) in [4.78, 5) is 27.2. The van der Waals surface area contributed by atoms with Gasteiger partial charge in [-0.3, -0.25) is 30.0 Å². The van der Waals surface area contributed by atoms with Crippen molar-refractivity contribution in [2.45, 2.75) is 13.8 Å². The minimum atomic E-state index is -0.910. The summed E-state index contributed by atoms with van der Waals surface area (Å²) < 4.78 is 0. The van der Waals surface area contributed by atoms with E-state index in [1.54, 1.807) is 26.2 Å². The molecule has 0 saturated heterocycles. The topological polar surface area (TPSA) is 55.9 Å². The lowest BCUT2D eigenvalue weighted by atomic mass is 9.94. The zero-order valence-electron chi connectivity index (χ0n) is 18.4. The van der Waals surface area contributed by atoms with E-state index in [-0.39, 0.29) is 11.8 Å². The lowest BCUT2D eigenvalue weighted by Gasteiger charge is -2.34. The Bertz CT molecular complexity index is 935. The first-order valence-electron chi connectivity index (χ1n) is 9.89. The van der Waals surface area contributed by atoms with Crippen molar-refractivity contribution in [3.8, 4) is 0 Å². The zero-order chi connectivity index (χ0) is 23.1. The lowest BCUT2D eigenvalue weighted by molar-refractivity contribution is -0.150.